The predicted octanol–water partition coefficient (Wildman–Crippen LogP) is 3.12. The van der Waals surface area contributed by atoms with Crippen molar-refractivity contribution in [2.45, 2.75) is 19.9 Å². The summed E-state index contributed by atoms with van der Waals surface area (Å²) in [6.07, 6.45) is 4.47. The van der Waals surface area contributed by atoms with Crippen LogP contribution in [0.25, 0.3) is 0 Å². The quantitative estimate of drug-likeness (QED) is 0.595. The van der Waals surface area contributed by atoms with Crippen molar-refractivity contribution in [3.8, 4) is 0 Å². The van der Waals surface area contributed by atoms with E-state index in [1.54, 1.807) is 6.92 Å². The first-order chi connectivity index (χ1) is 7.66. The van der Waals surface area contributed by atoms with Crippen molar-refractivity contribution < 1.29 is 30.5 Å². The Morgan fingerprint density at radius 2 is 1.88 bits per heavy atom. The molecular weight excluding hydrogens is 256 g/mol. The molecule has 0 saturated heterocycles. The second kappa shape index (κ2) is 6.13. The molecule has 1 aromatic heterocycles. The molecule has 0 bridgehead atoms. The van der Waals surface area contributed by atoms with Gasteiger partial charge in [-0.15, -0.1) is 23.3 Å². The third-order valence-electron chi connectivity index (χ3n) is 2.65. The van der Waals surface area contributed by atoms with Crippen molar-refractivity contribution in [2.75, 3.05) is 0 Å². The minimum absolute atomic E-state index is 0. The first-order valence-corrected chi connectivity index (χ1v) is 5.14. The van der Waals surface area contributed by atoms with Crippen LogP contribution >= 0.6 is 0 Å². The fourth-order valence-corrected chi connectivity index (χ4v) is 1.67. The topological polar surface area (TPSA) is 4.93 Å². The molecule has 1 heterocycles. The van der Waals surface area contributed by atoms with Crippen molar-refractivity contribution in [1.82, 2.24) is 4.57 Å². The Balaban J connectivity index is 0.00000144. The molecule has 88 valence electrons. The average Bonchev–Trinajstić information content (AvgIpc) is 2.74. The summed E-state index contributed by atoms with van der Waals surface area (Å²) in [6.45, 7) is 2.37. The first kappa shape index (κ1) is 14.1. The monoisotopic (exact) mass is 268 g/mol. The van der Waals surface area contributed by atoms with Crippen LogP contribution in [0.2, 0.25) is 0 Å². The van der Waals surface area contributed by atoms with Crippen LogP contribution in [0.1, 0.15) is 11.1 Å². The molecule has 0 N–H and O–H groups in total. The van der Waals surface area contributed by atoms with E-state index in [-0.39, 0.29) is 21.7 Å². The fraction of sp³-hybridized carbons (Fsp3) is 0.231. The van der Waals surface area contributed by atoms with E-state index in [0.29, 0.717) is 17.5 Å². The molecule has 0 aliphatic rings. The number of aromatic nitrogens is 1. The molecule has 0 unspecified atom stereocenters. The van der Waals surface area contributed by atoms with Crippen LogP contribution in [0.3, 0.4) is 0 Å². The zero-order valence-corrected chi connectivity index (χ0v) is 11.1. The van der Waals surface area contributed by atoms with Gasteiger partial charge in [0.15, 0.2) is 0 Å². The van der Waals surface area contributed by atoms with Gasteiger partial charge in [-0.1, -0.05) is 6.92 Å². The van der Waals surface area contributed by atoms with E-state index in [1.807, 2.05) is 35.2 Å². The summed E-state index contributed by atoms with van der Waals surface area (Å²) < 4.78 is 28.2. The minimum atomic E-state index is -0.634. The number of halogens is 2. The SMILES string of the molecule is Cc1c(F)[c-]c(F)cc1CCn1cccc1.[Ti]. The zero-order chi connectivity index (χ0) is 11.5. The van der Waals surface area contributed by atoms with Crippen LogP contribution < -0.4 is 0 Å². The Bertz CT molecular complexity index is 480. The summed E-state index contributed by atoms with van der Waals surface area (Å²) in [4.78, 5) is 0. The van der Waals surface area contributed by atoms with E-state index in [2.05, 4.69) is 0 Å². The maximum atomic E-state index is 13.2. The van der Waals surface area contributed by atoms with E-state index in [0.717, 1.165) is 6.54 Å². The van der Waals surface area contributed by atoms with Crippen LogP contribution in [0.15, 0.2) is 30.6 Å². The van der Waals surface area contributed by atoms with Gasteiger partial charge >= 0.3 is 0 Å². The predicted molar refractivity (Wildman–Crippen MR) is 58.1 cm³/mol. The van der Waals surface area contributed by atoms with Crippen molar-refractivity contribution in [1.29, 1.82) is 0 Å². The van der Waals surface area contributed by atoms with Gasteiger partial charge in [-0.2, -0.15) is 0 Å². The Morgan fingerprint density at radius 3 is 2.53 bits per heavy atom. The van der Waals surface area contributed by atoms with Gasteiger partial charge in [-0.3, -0.25) is 0 Å². The Hall–Kier alpha value is -0.926. The number of hydrogen-bond donors (Lipinski definition) is 0. The summed E-state index contributed by atoms with van der Waals surface area (Å²) in [6, 6.07) is 7.23. The maximum absolute atomic E-state index is 13.2. The summed E-state index contributed by atoms with van der Waals surface area (Å²) in [5.74, 6) is -1.23. The van der Waals surface area contributed by atoms with Crippen molar-refractivity contribution >= 4 is 0 Å². The molecule has 2 aromatic rings. The first-order valence-electron chi connectivity index (χ1n) is 5.14. The molecule has 4 heteroatoms. The molecule has 0 spiro atoms. The van der Waals surface area contributed by atoms with Gasteiger partial charge in [0.25, 0.3) is 0 Å². The number of nitrogens with zero attached hydrogens (tertiary/aromatic N) is 1. The van der Waals surface area contributed by atoms with Crippen LogP contribution in [0, 0.1) is 24.6 Å². The van der Waals surface area contributed by atoms with Gasteiger partial charge < -0.3 is 4.57 Å². The number of rotatable bonds is 3. The maximum Gasteiger partial charge on any atom is 0.0240 e. The number of hydrogen-bond acceptors (Lipinski definition) is 0. The summed E-state index contributed by atoms with van der Waals surface area (Å²) in [7, 11) is 0. The molecule has 0 aliphatic carbocycles. The van der Waals surface area contributed by atoms with E-state index in [9.17, 15) is 8.78 Å². The van der Waals surface area contributed by atoms with Gasteiger partial charge in [0.2, 0.25) is 0 Å². The Labute approximate surface area is 114 Å². The van der Waals surface area contributed by atoms with Crippen LogP contribution in [-0.2, 0) is 34.7 Å². The molecule has 0 saturated carbocycles. The van der Waals surface area contributed by atoms with E-state index in [4.69, 9.17) is 0 Å². The smallest absolute Gasteiger partial charge is 0.0240 e. The summed E-state index contributed by atoms with van der Waals surface area (Å²) in [5, 5.41) is 0. The average molecular weight is 268 g/mol. The van der Waals surface area contributed by atoms with Gasteiger partial charge in [0, 0.05) is 52.3 Å². The zero-order valence-electron chi connectivity index (χ0n) is 9.50. The van der Waals surface area contributed by atoms with Gasteiger partial charge in [0.1, 0.15) is 0 Å². The van der Waals surface area contributed by atoms with Gasteiger partial charge in [0.05, 0.1) is 0 Å². The van der Waals surface area contributed by atoms with Crippen LogP contribution in [0.5, 0.6) is 0 Å². The van der Waals surface area contributed by atoms with Crippen LogP contribution in [0.4, 0.5) is 8.78 Å². The third-order valence-corrected chi connectivity index (χ3v) is 2.65. The second-order valence-corrected chi connectivity index (χ2v) is 3.75. The third kappa shape index (κ3) is 3.52. The standard InChI is InChI=1S/C13H12F2N.Ti/c1-10-11(8-12(14)9-13(10)15)4-7-16-5-2-3-6-16;/h2-3,5-6,8H,4,7H2,1H3;/q-1;. The molecule has 0 amide bonds. The molecule has 2 rings (SSSR count). The molecule has 1 aromatic carbocycles. The Morgan fingerprint density at radius 1 is 1.24 bits per heavy atom. The van der Waals surface area contributed by atoms with E-state index in [1.165, 1.54) is 6.07 Å². The van der Waals surface area contributed by atoms with Crippen molar-refractivity contribution in [2.24, 2.45) is 0 Å². The molecule has 0 atom stereocenters. The van der Waals surface area contributed by atoms with Crippen molar-refractivity contribution in [3.05, 3.63) is 59.4 Å². The minimum Gasteiger partial charge on any atom is -0.354 e. The van der Waals surface area contributed by atoms with Gasteiger partial charge in [-0.25, -0.2) is 8.78 Å². The van der Waals surface area contributed by atoms with Crippen molar-refractivity contribution in [3.63, 3.8) is 0 Å². The van der Waals surface area contributed by atoms with E-state index < -0.39 is 11.6 Å². The molecule has 1 nitrogen and oxygen atoms in total. The normalized spacial score (nSPS) is 10.1. The molecule has 0 radical (unpaired) electrons. The van der Waals surface area contributed by atoms with Crippen LogP contribution in [-0.4, -0.2) is 4.57 Å². The molecule has 0 fully saturated rings. The second-order valence-electron chi connectivity index (χ2n) is 3.75. The van der Waals surface area contributed by atoms with Gasteiger partial charge in [-0.05, 0) is 18.6 Å². The largest absolute Gasteiger partial charge is 0.354 e. The molecule has 17 heavy (non-hydrogen) atoms. The van der Waals surface area contributed by atoms with E-state index >= 15 is 0 Å². The number of aryl methyl sites for hydroxylation is 2. The number of benzene rings is 1. The summed E-state index contributed by atoms with van der Waals surface area (Å²) >= 11 is 0. The molecule has 0 aliphatic heterocycles. The summed E-state index contributed by atoms with van der Waals surface area (Å²) in [5.41, 5.74) is 1.18. The molecular formula is C13H12F2NTi-. The fourth-order valence-electron chi connectivity index (χ4n) is 1.67. The Kier molecular flexibility index (Phi) is 5.10.